The van der Waals surface area contributed by atoms with Crippen LogP contribution in [0.2, 0.25) is 0 Å². The van der Waals surface area contributed by atoms with Gasteiger partial charge < -0.3 is 15.4 Å². The summed E-state index contributed by atoms with van der Waals surface area (Å²) in [5.74, 6) is 1.36. The molecule has 2 atom stereocenters. The van der Waals surface area contributed by atoms with Crippen LogP contribution in [0.25, 0.3) is 0 Å². The molecule has 0 radical (unpaired) electrons. The Bertz CT molecular complexity index is 453. The normalized spacial score (nSPS) is 22.3. The van der Waals surface area contributed by atoms with Crippen molar-refractivity contribution in [3.8, 4) is 5.75 Å². The van der Waals surface area contributed by atoms with Gasteiger partial charge in [-0.25, -0.2) is 0 Å². The van der Waals surface area contributed by atoms with E-state index in [4.69, 9.17) is 4.74 Å². The molecule has 2 unspecified atom stereocenters. The second-order valence-corrected chi connectivity index (χ2v) is 6.03. The molecule has 1 aromatic carbocycles. The maximum Gasteiger partial charge on any atom is 0.223 e. The van der Waals surface area contributed by atoms with Gasteiger partial charge in [0.15, 0.2) is 0 Å². The number of hydrogen-bond acceptors (Lipinski definition) is 3. The van der Waals surface area contributed by atoms with Crippen LogP contribution in [0.5, 0.6) is 5.75 Å². The zero-order valence-electron chi connectivity index (χ0n) is 11.7. The number of carbonyl (C=O) groups excluding carboxylic acids is 1. The van der Waals surface area contributed by atoms with E-state index in [1.165, 1.54) is 0 Å². The molecule has 1 heterocycles. The summed E-state index contributed by atoms with van der Waals surface area (Å²) in [6.07, 6.45) is 1.49. The fourth-order valence-electron chi connectivity index (χ4n) is 2.28. The molecule has 1 saturated heterocycles. The molecule has 0 spiro atoms. The lowest BCUT2D eigenvalue weighted by Crippen LogP contribution is -2.50. The minimum absolute atomic E-state index is 0.0533. The molecular formula is C15H21BrN2O2. The molecule has 0 saturated carbocycles. The van der Waals surface area contributed by atoms with E-state index < -0.39 is 0 Å². The SMILES string of the molecule is CC1CCNCC1NC(=O)CCOc1ccccc1Br. The van der Waals surface area contributed by atoms with Crippen molar-refractivity contribution >= 4 is 21.8 Å². The van der Waals surface area contributed by atoms with E-state index in [1.807, 2.05) is 24.3 Å². The summed E-state index contributed by atoms with van der Waals surface area (Å²) in [6, 6.07) is 7.89. The molecular weight excluding hydrogens is 320 g/mol. The number of carbonyl (C=O) groups is 1. The number of para-hydroxylation sites is 1. The minimum atomic E-state index is 0.0533. The highest BCUT2D eigenvalue weighted by Crippen LogP contribution is 2.23. The van der Waals surface area contributed by atoms with Crippen LogP contribution in [-0.2, 0) is 4.79 Å². The lowest BCUT2D eigenvalue weighted by Gasteiger charge is -2.30. The Labute approximate surface area is 128 Å². The number of rotatable bonds is 5. The molecule has 20 heavy (non-hydrogen) atoms. The summed E-state index contributed by atoms with van der Waals surface area (Å²) in [7, 11) is 0. The van der Waals surface area contributed by atoms with Crippen molar-refractivity contribution in [2.75, 3.05) is 19.7 Å². The van der Waals surface area contributed by atoms with Crippen molar-refractivity contribution < 1.29 is 9.53 Å². The first kappa shape index (κ1) is 15.3. The zero-order chi connectivity index (χ0) is 14.4. The minimum Gasteiger partial charge on any atom is -0.492 e. The zero-order valence-corrected chi connectivity index (χ0v) is 13.3. The average molecular weight is 341 g/mol. The molecule has 4 nitrogen and oxygen atoms in total. The van der Waals surface area contributed by atoms with Crippen molar-refractivity contribution in [1.29, 1.82) is 0 Å². The van der Waals surface area contributed by atoms with Crippen LogP contribution in [0.15, 0.2) is 28.7 Å². The summed E-state index contributed by atoms with van der Waals surface area (Å²) in [5.41, 5.74) is 0. The topological polar surface area (TPSA) is 50.4 Å². The number of ether oxygens (including phenoxy) is 1. The van der Waals surface area contributed by atoms with E-state index >= 15 is 0 Å². The summed E-state index contributed by atoms with van der Waals surface area (Å²) < 4.78 is 6.51. The summed E-state index contributed by atoms with van der Waals surface area (Å²) >= 11 is 3.42. The number of piperidine rings is 1. The summed E-state index contributed by atoms with van der Waals surface area (Å²) in [5, 5.41) is 6.38. The fourth-order valence-corrected chi connectivity index (χ4v) is 2.68. The van der Waals surface area contributed by atoms with Crippen molar-refractivity contribution in [2.24, 2.45) is 5.92 Å². The van der Waals surface area contributed by atoms with Crippen molar-refractivity contribution in [1.82, 2.24) is 10.6 Å². The van der Waals surface area contributed by atoms with Gasteiger partial charge in [0.05, 0.1) is 17.5 Å². The lowest BCUT2D eigenvalue weighted by atomic mass is 9.95. The van der Waals surface area contributed by atoms with Crippen LogP contribution in [0.1, 0.15) is 19.8 Å². The molecule has 1 aliphatic rings. The van der Waals surface area contributed by atoms with Crippen molar-refractivity contribution in [3.05, 3.63) is 28.7 Å². The van der Waals surface area contributed by atoms with Gasteiger partial charge in [0, 0.05) is 12.6 Å². The highest BCUT2D eigenvalue weighted by Gasteiger charge is 2.22. The van der Waals surface area contributed by atoms with Crippen LogP contribution in [0.3, 0.4) is 0 Å². The third-order valence-electron chi connectivity index (χ3n) is 3.60. The standard InChI is InChI=1S/C15H21BrN2O2/c1-11-6-8-17-10-13(11)18-15(19)7-9-20-14-5-3-2-4-12(14)16/h2-5,11,13,17H,6-10H2,1H3,(H,18,19). The van der Waals surface area contributed by atoms with Gasteiger partial charge in [-0.1, -0.05) is 19.1 Å². The third-order valence-corrected chi connectivity index (χ3v) is 4.25. The van der Waals surface area contributed by atoms with Gasteiger partial charge in [0.2, 0.25) is 5.91 Å². The molecule has 5 heteroatoms. The summed E-state index contributed by atoms with van der Waals surface area (Å²) in [4.78, 5) is 11.9. The molecule has 1 aromatic rings. The van der Waals surface area contributed by atoms with Gasteiger partial charge in [-0.15, -0.1) is 0 Å². The lowest BCUT2D eigenvalue weighted by molar-refractivity contribution is -0.122. The van der Waals surface area contributed by atoms with Gasteiger partial charge in [0.25, 0.3) is 0 Å². The number of nitrogens with one attached hydrogen (secondary N) is 2. The first-order valence-corrected chi connectivity index (χ1v) is 7.83. The average Bonchev–Trinajstić information content (AvgIpc) is 2.43. The van der Waals surface area contributed by atoms with Crippen LogP contribution in [0, 0.1) is 5.92 Å². The Morgan fingerprint density at radius 2 is 2.30 bits per heavy atom. The predicted octanol–water partition coefficient (Wildman–Crippen LogP) is 2.33. The van der Waals surface area contributed by atoms with E-state index in [-0.39, 0.29) is 11.9 Å². The van der Waals surface area contributed by atoms with Gasteiger partial charge in [-0.2, -0.15) is 0 Å². The van der Waals surface area contributed by atoms with Crippen LogP contribution in [0.4, 0.5) is 0 Å². The van der Waals surface area contributed by atoms with E-state index in [1.54, 1.807) is 0 Å². The molecule has 1 fully saturated rings. The van der Waals surface area contributed by atoms with Gasteiger partial charge in [-0.05, 0) is 46.9 Å². The Kier molecular flexibility index (Phi) is 5.86. The smallest absolute Gasteiger partial charge is 0.223 e. The summed E-state index contributed by atoms with van der Waals surface area (Å²) in [6.45, 7) is 4.48. The van der Waals surface area contributed by atoms with Crippen LogP contribution < -0.4 is 15.4 Å². The number of hydrogen-bond donors (Lipinski definition) is 2. The van der Waals surface area contributed by atoms with E-state index in [0.717, 1.165) is 29.7 Å². The van der Waals surface area contributed by atoms with Crippen LogP contribution >= 0.6 is 15.9 Å². The van der Waals surface area contributed by atoms with E-state index in [0.29, 0.717) is 18.9 Å². The fraction of sp³-hybridized carbons (Fsp3) is 0.533. The Morgan fingerprint density at radius 3 is 3.05 bits per heavy atom. The largest absolute Gasteiger partial charge is 0.492 e. The molecule has 0 bridgehead atoms. The Hall–Kier alpha value is -1.07. The first-order valence-electron chi connectivity index (χ1n) is 7.04. The Morgan fingerprint density at radius 1 is 1.50 bits per heavy atom. The molecule has 0 aromatic heterocycles. The third kappa shape index (κ3) is 4.49. The van der Waals surface area contributed by atoms with Crippen molar-refractivity contribution in [2.45, 2.75) is 25.8 Å². The van der Waals surface area contributed by atoms with Gasteiger partial charge in [0.1, 0.15) is 5.75 Å². The molecule has 2 rings (SSSR count). The Balaban J connectivity index is 1.71. The maximum atomic E-state index is 11.9. The highest BCUT2D eigenvalue weighted by atomic mass is 79.9. The number of benzene rings is 1. The second kappa shape index (κ2) is 7.64. The second-order valence-electron chi connectivity index (χ2n) is 5.17. The monoisotopic (exact) mass is 340 g/mol. The number of halogens is 1. The molecule has 0 aliphatic carbocycles. The van der Waals surface area contributed by atoms with E-state index in [2.05, 4.69) is 33.5 Å². The molecule has 2 N–H and O–H groups in total. The molecule has 1 aliphatic heterocycles. The quantitative estimate of drug-likeness (QED) is 0.864. The predicted molar refractivity (Wildman–Crippen MR) is 82.8 cm³/mol. The van der Waals surface area contributed by atoms with Crippen LogP contribution in [-0.4, -0.2) is 31.6 Å². The van der Waals surface area contributed by atoms with Crippen molar-refractivity contribution in [3.63, 3.8) is 0 Å². The van der Waals surface area contributed by atoms with Gasteiger partial charge in [-0.3, -0.25) is 4.79 Å². The number of amides is 1. The highest BCUT2D eigenvalue weighted by molar-refractivity contribution is 9.10. The van der Waals surface area contributed by atoms with E-state index in [9.17, 15) is 4.79 Å². The molecule has 1 amide bonds. The molecule has 110 valence electrons. The maximum absolute atomic E-state index is 11.9. The van der Waals surface area contributed by atoms with Gasteiger partial charge >= 0.3 is 0 Å². The first-order chi connectivity index (χ1) is 9.66.